The summed E-state index contributed by atoms with van der Waals surface area (Å²) >= 11 is 5.81. The van der Waals surface area contributed by atoms with Gasteiger partial charge >= 0.3 is 5.97 Å². The third kappa shape index (κ3) is 5.00. The Kier molecular flexibility index (Phi) is 5.96. The largest absolute Gasteiger partial charge is 0.493 e. The maximum Gasteiger partial charge on any atom is 0.306 e. The lowest BCUT2D eigenvalue weighted by Crippen LogP contribution is -2.09. The molecule has 0 radical (unpaired) electrons. The fourth-order valence-corrected chi connectivity index (χ4v) is 2.74. The molecule has 0 aliphatic heterocycles. The molecule has 25 heavy (non-hydrogen) atoms. The second kappa shape index (κ2) is 8.58. The molecule has 0 unspecified atom stereocenters. The lowest BCUT2D eigenvalue weighted by Gasteiger charge is -2.07. The van der Waals surface area contributed by atoms with Crippen molar-refractivity contribution in [1.82, 2.24) is 4.98 Å². The molecule has 3 rings (SSSR count). The van der Waals surface area contributed by atoms with Gasteiger partial charge in [0.05, 0.1) is 13.2 Å². The van der Waals surface area contributed by atoms with Gasteiger partial charge in [-0.2, -0.15) is 0 Å². The first-order chi connectivity index (χ1) is 12.2. The Morgan fingerprint density at radius 3 is 2.68 bits per heavy atom. The van der Waals surface area contributed by atoms with Crippen molar-refractivity contribution in [2.24, 2.45) is 0 Å². The van der Waals surface area contributed by atoms with Crippen LogP contribution in [0.2, 0.25) is 5.02 Å². The summed E-state index contributed by atoms with van der Waals surface area (Å²) in [6, 6.07) is 15.3. The highest BCUT2D eigenvalue weighted by Gasteiger charge is 2.07. The molecule has 0 aliphatic rings. The van der Waals surface area contributed by atoms with E-state index in [2.05, 4.69) is 11.1 Å². The van der Waals surface area contributed by atoms with Crippen LogP contribution in [0.3, 0.4) is 0 Å². The molecule has 0 bridgehead atoms. The number of carbonyl (C=O) groups excluding carboxylic acids is 1. The average molecular weight is 358 g/mol. The SMILES string of the molecule is O=C(CCc1c[nH]c2ccccc12)OCCCOc1ccc(Cl)cc1. The molecule has 2 aromatic carbocycles. The molecule has 1 heterocycles. The molecule has 1 N–H and O–H groups in total. The van der Waals surface area contributed by atoms with Crippen molar-refractivity contribution >= 4 is 28.5 Å². The number of aryl methyl sites for hydroxylation is 1. The van der Waals surface area contributed by atoms with Gasteiger partial charge in [0.1, 0.15) is 5.75 Å². The van der Waals surface area contributed by atoms with Crippen molar-refractivity contribution in [2.75, 3.05) is 13.2 Å². The van der Waals surface area contributed by atoms with Crippen molar-refractivity contribution in [3.05, 3.63) is 65.3 Å². The molecular formula is C20H20ClNO3. The first-order valence-corrected chi connectivity index (χ1v) is 8.69. The number of nitrogens with one attached hydrogen (secondary N) is 1. The highest BCUT2D eigenvalue weighted by atomic mass is 35.5. The molecule has 0 saturated carbocycles. The van der Waals surface area contributed by atoms with Gasteiger partial charge in [0.2, 0.25) is 0 Å². The van der Waals surface area contributed by atoms with Gasteiger partial charge in [-0.3, -0.25) is 4.79 Å². The smallest absolute Gasteiger partial charge is 0.306 e. The maximum atomic E-state index is 11.9. The minimum absolute atomic E-state index is 0.184. The van der Waals surface area contributed by atoms with Crippen LogP contribution in [0.1, 0.15) is 18.4 Å². The second-order valence-corrected chi connectivity index (χ2v) is 6.17. The number of aromatic amines is 1. The Balaban J connectivity index is 1.33. The molecule has 0 saturated heterocycles. The highest BCUT2D eigenvalue weighted by molar-refractivity contribution is 6.30. The Morgan fingerprint density at radius 1 is 1.04 bits per heavy atom. The molecule has 130 valence electrons. The Morgan fingerprint density at radius 2 is 1.84 bits per heavy atom. The van der Waals surface area contributed by atoms with Crippen LogP contribution in [0.5, 0.6) is 5.75 Å². The number of carbonyl (C=O) groups is 1. The van der Waals surface area contributed by atoms with E-state index in [1.807, 2.05) is 36.5 Å². The number of fused-ring (bicyclic) bond motifs is 1. The standard InChI is InChI=1S/C20H20ClNO3/c21-16-7-9-17(10-8-16)24-12-3-13-25-20(23)11-6-15-14-22-19-5-2-1-4-18(15)19/h1-2,4-5,7-10,14,22H,3,6,11-13H2. The minimum atomic E-state index is -0.184. The van der Waals surface area contributed by atoms with Gasteiger partial charge in [-0.05, 0) is 42.3 Å². The van der Waals surface area contributed by atoms with Crippen LogP contribution in [-0.2, 0) is 16.0 Å². The summed E-state index contributed by atoms with van der Waals surface area (Å²) in [5.41, 5.74) is 2.23. The number of rotatable bonds is 8. The fourth-order valence-electron chi connectivity index (χ4n) is 2.61. The number of benzene rings is 2. The minimum Gasteiger partial charge on any atom is -0.493 e. The summed E-state index contributed by atoms with van der Waals surface area (Å²) in [5.74, 6) is 0.576. The summed E-state index contributed by atoms with van der Waals surface area (Å²) in [7, 11) is 0. The van der Waals surface area contributed by atoms with Crippen molar-refractivity contribution in [3.8, 4) is 5.75 Å². The number of hydrogen-bond donors (Lipinski definition) is 1. The van der Waals surface area contributed by atoms with Crippen molar-refractivity contribution in [3.63, 3.8) is 0 Å². The molecule has 4 nitrogen and oxygen atoms in total. The topological polar surface area (TPSA) is 51.3 Å². The summed E-state index contributed by atoms with van der Waals surface area (Å²) in [6.07, 6.45) is 3.66. The van der Waals surface area contributed by atoms with Crippen LogP contribution in [0.25, 0.3) is 10.9 Å². The summed E-state index contributed by atoms with van der Waals surface area (Å²) in [4.78, 5) is 15.1. The predicted octanol–water partition coefficient (Wildman–Crippen LogP) is 4.77. The Labute approximate surface area is 151 Å². The molecule has 0 spiro atoms. The van der Waals surface area contributed by atoms with E-state index in [1.54, 1.807) is 12.1 Å². The van der Waals surface area contributed by atoms with Crippen LogP contribution in [0, 0.1) is 0 Å². The summed E-state index contributed by atoms with van der Waals surface area (Å²) in [5, 5.41) is 1.84. The van der Waals surface area contributed by atoms with Gasteiger partial charge in [-0.25, -0.2) is 0 Å². The van der Waals surface area contributed by atoms with E-state index in [4.69, 9.17) is 21.1 Å². The Hall–Kier alpha value is -2.46. The van der Waals surface area contributed by atoms with Gasteiger partial charge in [-0.1, -0.05) is 29.8 Å². The van der Waals surface area contributed by atoms with Crippen LogP contribution in [0.4, 0.5) is 0 Å². The molecule has 0 atom stereocenters. The van der Waals surface area contributed by atoms with Crippen LogP contribution in [0.15, 0.2) is 54.7 Å². The van der Waals surface area contributed by atoms with E-state index >= 15 is 0 Å². The number of hydrogen-bond acceptors (Lipinski definition) is 3. The Bertz CT molecular complexity index is 826. The van der Waals surface area contributed by atoms with Crippen molar-refractivity contribution in [2.45, 2.75) is 19.3 Å². The number of aromatic nitrogens is 1. The summed E-state index contributed by atoms with van der Waals surface area (Å²) in [6.45, 7) is 0.859. The number of esters is 1. The highest BCUT2D eigenvalue weighted by Crippen LogP contribution is 2.19. The monoisotopic (exact) mass is 357 g/mol. The lowest BCUT2D eigenvalue weighted by atomic mass is 10.1. The second-order valence-electron chi connectivity index (χ2n) is 5.74. The van der Waals surface area contributed by atoms with Gasteiger partial charge in [0.25, 0.3) is 0 Å². The molecule has 0 fully saturated rings. The van der Waals surface area contributed by atoms with E-state index < -0.39 is 0 Å². The number of para-hydroxylation sites is 1. The quantitative estimate of drug-likeness (QED) is 0.467. The number of halogens is 1. The molecule has 1 aromatic heterocycles. The van der Waals surface area contributed by atoms with Crippen LogP contribution < -0.4 is 4.74 Å². The van der Waals surface area contributed by atoms with E-state index in [0.29, 0.717) is 37.5 Å². The van der Waals surface area contributed by atoms with Crippen molar-refractivity contribution in [1.29, 1.82) is 0 Å². The fraction of sp³-hybridized carbons (Fsp3) is 0.250. The summed E-state index contributed by atoms with van der Waals surface area (Å²) < 4.78 is 10.8. The van der Waals surface area contributed by atoms with E-state index in [1.165, 1.54) is 0 Å². The third-order valence-corrected chi connectivity index (χ3v) is 4.16. The molecule has 0 aliphatic carbocycles. The van der Waals surface area contributed by atoms with Gasteiger partial charge in [-0.15, -0.1) is 0 Å². The zero-order valence-electron chi connectivity index (χ0n) is 13.8. The first-order valence-electron chi connectivity index (χ1n) is 8.31. The molecule has 5 heteroatoms. The number of H-pyrrole nitrogens is 1. The van der Waals surface area contributed by atoms with E-state index in [-0.39, 0.29) is 5.97 Å². The third-order valence-electron chi connectivity index (χ3n) is 3.91. The van der Waals surface area contributed by atoms with Gasteiger partial charge < -0.3 is 14.5 Å². The van der Waals surface area contributed by atoms with Crippen molar-refractivity contribution < 1.29 is 14.3 Å². The number of ether oxygens (including phenoxy) is 2. The van der Waals surface area contributed by atoms with E-state index in [0.717, 1.165) is 22.2 Å². The van der Waals surface area contributed by atoms with Gasteiger partial charge in [0, 0.05) is 35.0 Å². The lowest BCUT2D eigenvalue weighted by molar-refractivity contribution is -0.143. The molecular weight excluding hydrogens is 338 g/mol. The predicted molar refractivity (Wildman–Crippen MR) is 99.1 cm³/mol. The molecule has 0 amide bonds. The van der Waals surface area contributed by atoms with Crippen LogP contribution >= 0.6 is 11.6 Å². The van der Waals surface area contributed by atoms with Gasteiger partial charge in [0.15, 0.2) is 0 Å². The first kappa shape index (κ1) is 17.4. The average Bonchev–Trinajstić information content (AvgIpc) is 3.04. The van der Waals surface area contributed by atoms with Crippen LogP contribution in [-0.4, -0.2) is 24.2 Å². The maximum absolute atomic E-state index is 11.9. The molecule has 3 aromatic rings. The van der Waals surface area contributed by atoms with E-state index in [9.17, 15) is 4.79 Å². The zero-order chi connectivity index (χ0) is 17.5. The normalized spacial score (nSPS) is 10.8. The zero-order valence-corrected chi connectivity index (χ0v) is 14.6.